The Morgan fingerprint density at radius 1 is 1.27 bits per heavy atom. The van der Waals surface area contributed by atoms with E-state index in [4.69, 9.17) is 4.74 Å². The predicted molar refractivity (Wildman–Crippen MR) is 84.5 cm³/mol. The lowest BCUT2D eigenvalue weighted by molar-refractivity contribution is -0.144. The van der Waals surface area contributed by atoms with Crippen molar-refractivity contribution in [1.29, 1.82) is 0 Å². The van der Waals surface area contributed by atoms with Crippen LogP contribution >= 0.6 is 0 Å². The number of esters is 1. The van der Waals surface area contributed by atoms with Crippen molar-refractivity contribution in [3.63, 3.8) is 0 Å². The number of aromatic hydroxyl groups is 1. The van der Waals surface area contributed by atoms with Gasteiger partial charge in [-0.15, -0.1) is 0 Å². The van der Waals surface area contributed by atoms with E-state index in [0.29, 0.717) is 12.8 Å². The molecule has 0 radical (unpaired) electrons. The molecular weight excluding hydrogens is 282 g/mol. The first kappa shape index (κ1) is 18.0. The van der Waals surface area contributed by atoms with E-state index in [1.165, 1.54) is 13.8 Å². The largest absolute Gasteiger partial charge is 0.508 e. The van der Waals surface area contributed by atoms with E-state index in [9.17, 15) is 14.7 Å². The van der Waals surface area contributed by atoms with Crippen molar-refractivity contribution in [2.45, 2.75) is 52.0 Å². The highest BCUT2D eigenvalue weighted by molar-refractivity contribution is 5.74. The highest BCUT2D eigenvalue weighted by atomic mass is 16.5. The van der Waals surface area contributed by atoms with Crippen LogP contribution in [0.1, 0.15) is 45.6 Å². The van der Waals surface area contributed by atoms with Crippen LogP contribution in [-0.2, 0) is 20.7 Å². The van der Waals surface area contributed by atoms with Gasteiger partial charge < -0.3 is 15.2 Å². The number of phenolic OH excluding ortho intramolecular Hbond substituents is 1. The summed E-state index contributed by atoms with van der Waals surface area (Å²) in [5.74, 6) is -0.280. The maximum Gasteiger partial charge on any atom is 0.302 e. The zero-order valence-electron chi connectivity index (χ0n) is 13.5. The Balaban J connectivity index is 2.85. The van der Waals surface area contributed by atoms with E-state index in [1.54, 1.807) is 18.2 Å². The Labute approximate surface area is 131 Å². The molecule has 0 spiro atoms. The van der Waals surface area contributed by atoms with Crippen LogP contribution in [0.2, 0.25) is 0 Å². The third-order valence-corrected chi connectivity index (χ3v) is 3.52. The van der Waals surface area contributed by atoms with E-state index in [2.05, 4.69) is 5.32 Å². The first-order chi connectivity index (χ1) is 10.4. The molecule has 1 rings (SSSR count). The third kappa shape index (κ3) is 6.16. The standard InChI is InChI=1S/C17H25NO4/c1-4-9-17(18-13(2)19,12-22-14(3)20)10-8-15-6-5-7-16(21)11-15/h5-7,11,21H,4,8-10,12H2,1-3H3,(H,18,19). The molecule has 5 heteroatoms. The Bertz CT molecular complexity index is 515. The number of ether oxygens (including phenoxy) is 1. The first-order valence-electron chi connectivity index (χ1n) is 7.57. The SMILES string of the molecule is CCCC(CCc1cccc(O)c1)(COC(C)=O)NC(C)=O. The minimum Gasteiger partial charge on any atom is -0.508 e. The van der Waals surface area contributed by atoms with Crippen LogP contribution in [-0.4, -0.2) is 29.1 Å². The molecule has 1 unspecified atom stereocenters. The fraction of sp³-hybridized carbons (Fsp3) is 0.529. The van der Waals surface area contributed by atoms with Gasteiger partial charge in [0.25, 0.3) is 0 Å². The number of amides is 1. The smallest absolute Gasteiger partial charge is 0.302 e. The summed E-state index contributed by atoms with van der Waals surface area (Å²) in [6.45, 7) is 5.01. The fourth-order valence-electron chi connectivity index (χ4n) is 2.62. The second kappa shape index (κ2) is 8.41. The van der Waals surface area contributed by atoms with Crippen LogP contribution in [0, 0.1) is 0 Å². The topological polar surface area (TPSA) is 75.6 Å². The number of aryl methyl sites for hydroxylation is 1. The quantitative estimate of drug-likeness (QED) is 0.724. The van der Waals surface area contributed by atoms with Gasteiger partial charge in [0.2, 0.25) is 5.91 Å². The fourth-order valence-corrected chi connectivity index (χ4v) is 2.62. The molecule has 0 fully saturated rings. The number of nitrogens with one attached hydrogen (secondary N) is 1. The van der Waals surface area contributed by atoms with Crippen LogP contribution < -0.4 is 5.32 Å². The average Bonchev–Trinajstić information content (AvgIpc) is 2.43. The van der Waals surface area contributed by atoms with Gasteiger partial charge in [0.15, 0.2) is 0 Å². The molecule has 1 atom stereocenters. The van der Waals surface area contributed by atoms with Crippen LogP contribution in [0.5, 0.6) is 5.75 Å². The van der Waals surface area contributed by atoms with Crippen LogP contribution in [0.25, 0.3) is 0 Å². The van der Waals surface area contributed by atoms with Gasteiger partial charge in [-0.25, -0.2) is 0 Å². The average molecular weight is 307 g/mol. The molecule has 0 saturated heterocycles. The lowest BCUT2D eigenvalue weighted by Crippen LogP contribution is -2.51. The molecule has 0 aliphatic rings. The number of phenols is 1. The van der Waals surface area contributed by atoms with E-state index in [1.807, 2.05) is 13.0 Å². The maximum atomic E-state index is 11.6. The van der Waals surface area contributed by atoms with E-state index < -0.39 is 5.54 Å². The zero-order chi connectivity index (χ0) is 16.6. The highest BCUT2D eigenvalue weighted by Crippen LogP contribution is 2.23. The summed E-state index contributed by atoms with van der Waals surface area (Å²) in [4.78, 5) is 22.7. The monoisotopic (exact) mass is 307 g/mol. The van der Waals surface area contributed by atoms with Crippen molar-refractivity contribution in [3.05, 3.63) is 29.8 Å². The molecule has 1 amide bonds. The summed E-state index contributed by atoms with van der Waals surface area (Å²) in [6.07, 6.45) is 2.90. The number of rotatable bonds is 8. The highest BCUT2D eigenvalue weighted by Gasteiger charge is 2.31. The van der Waals surface area contributed by atoms with Gasteiger partial charge in [0, 0.05) is 13.8 Å². The normalized spacial score (nSPS) is 13.2. The second-order valence-corrected chi connectivity index (χ2v) is 5.66. The third-order valence-electron chi connectivity index (χ3n) is 3.52. The molecule has 0 bridgehead atoms. The van der Waals surface area contributed by atoms with Crippen molar-refractivity contribution >= 4 is 11.9 Å². The summed E-state index contributed by atoms with van der Waals surface area (Å²) in [6, 6.07) is 7.04. The van der Waals surface area contributed by atoms with Crippen LogP contribution in [0.15, 0.2) is 24.3 Å². The van der Waals surface area contributed by atoms with Crippen molar-refractivity contribution in [3.8, 4) is 5.75 Å². The summed E-state index contributed by atoms with van der Waals surface area (Å²) in [7, 11) is 0. The Morgan fingerprint density at radius 3 is 2.55 bits per heavy atom. The molecule has 22 heavy (non-hydrogen) atoms. The van der Waals surface area contributed by atoms with Gasteiger partial charge in [-0.05, 0) is 37.0 Å². The molecule has 0 aliphatic heterocycles. The van der Waals surface area contributed by atoms with Gasteiger partial charge in [-0.2, -0.15) is 0 Å². The molecule has 2 N–H and O–H groups in total. The van der Waals surface area contributed by atoms with Gasteiger partial charge in [-0.3, -0.25) is 9.59 Å². The number of carbonyl (C=O) groups is 2. The van der Waals surface area contributed by atoms with Gasteiger partial charge in [-0.1, -0.05) is 25.5 Å². The molecule has 1 aromatic carbocycles. The molecule has 5 nitrogen and oxygen atoms in total. The summed E-state index contributed by atoms with van der Waals surface area (Å²) in [5, 5.41) is 12.5. The minimum absolute atomic E-state index is 0.142. The number of carbonyl (C=O) groups excluding carboxylic acids is 2. The van der Waals surface area contributed by atoms with Crippen molar-refractivity contribution in [2.24, 2.45) is 0 Å². The number of hydrogen-bond acceptors (Lipinski definition) is 4. The molecule has 0 heterocycles. The van der Waals surface area contributed by atoms with Gasteiger partial charge >= 0.3 is 5.97 Å². The summed E-state index contributed by atoms with van der Waals surface area (Å²) >= 11 is 0. The Kier molecular flexibility index (Phi) is 6.89. The summed E-state index contributed by atoms with van der Waals surface area (Å²) in [5.41, 5.74) is 0.409. The second-order valence-electron chi connectivity index (χ2n) is 5.66. The van der Waals surface area contributed by atoms with Crippen molar-refractivity contribution in [2.75, 3.05) is 6.61 Å². The van der Waals surface area contributed by atoms with Crippen molar-refractivity contribution < 1.29 is 19.4 Å². The first-order valence-corrected chi connectivity index (χ1v) is 7.57. The Morgan fingerprint density at radius 2 is 2.00 bits per heavy atom. The molecule has 0 aromatic heterocycles. The minimum atomic E-state index is -0.572. The predicted octanol–water partition coefficient (Wildman–Crippen LogP) is 2.56. The van der Waals surface area contributed by atoms with Crippen LogP contribution in [0.3, 0.4) is 0 Å². The van der Waals surface area contributed by atoms with Crippen LogP contribution in [0.4, 0.5) is 0 Å². The van der Waals surface area contributed by atoms with E-state index >= 15 is 0 Å². The molecule has 0 aliphatic carbocycles. The molecule has 1 aromatic rings. The Hall–Kier alpha value is -2.04. The van der Waals surface area contributed by atoms with E-state index in [-0.39, 0.29) is 24.2 Å². The zero-order valence-corrected chi connectivity index (χ0v) is 13.5. The molecule has 0 saturated carbocycles. The number of benzene rings is 1. The maximum absolute atomic E-state index is 11.6. The van der Waals surface area contributed by atoms with Crippen molar-refractivity contribution in [1.82, 2.24) is 5.32 Å². The number of hydrogen-bond donors (Lipinski definition) is 2. The summed E-state index contributed by atoms with van der Waals surface area (Å²) < 4.78 is 5.17. The lowest BCUT2D eigenvalue weighted by Gasteiger charge is -2.34. The lowest BCUT2D eigenvalue weighted by atomic mass is 9.87. The molecular formula is C17H25NO4. The van der Waals surface area contributed by atoms with E-state index in [0.717, 1.165) is 18.4 Å². The van der Waals surface area contributed by atoms with Gasteiger partial charge in [0.1, 0.15) is 12.4 Å². The van der Waals surface area contributed by atoms with Gasteiger partial charge in [0.05, 0.1) is 5.54 Å². The molecule has 122 valence electrons.